The van der Waals surface area contributed by atoms with Crippen molar-refractivity contribution in [3.05, 3.63) is 30.0 Å². The molecule has 0 atom stereocenters. The van der Waals surface area contributed by atoms with Crippen LogP contribution in [-0.2, 0) is 15.9 Å². The van der Waals surface area contributed by atoms with Gasteiger partial charge in [-0.05, 0) is 38.2 Å². The molecule has 22 heavy (non-hydrogen) atoms. The molecule has 1 aromatic carbocycles. The summed E-state index contributed by atoms with van der Waals surface area (Å²) < 4.78 is 15.5. The van der Waals surface area contributed by atoms with E-state index in [0.717, 1.165) is 29.4 Å². The Bertz CT molecular complexity index is 661. The molecule has 1 saturated heterocycles. The first-order chi connectivity index (χ1) is 10.6. The van der Waals surface area contributed by atoms with E-state index in [2.05, 4.69) is 9.88 Å². The number of ether oxygens (including phenoxy) is 3. The Morgan fingerprint density at radius 2 is 2.23 bits per heavy atom. The van der Waals surface area contributed by atoms with Crippen molar-refractivity contribution in [3.8, 4) is 5.75 Å². The van der Waals surface area contributed by atoms with Gasteiger partial charge in [-0.3, -0.25) is 0 Å². The Morgan fingerprint density at radius 3 is 2.91 bits per heavy atom. The van der Waals surface area contributed by atoms with Gasteiger partial charge in [-0.2, -0.15) is 0 Å². The van der Waals surface area contributed by atoms with Gasteiger partial charge in [0.1, 0.15) is 5.75 Å². The highest BCUT2D eigenvalue weighted by atomic mass is 16.7. The molecule has 0 radical (unpaired) electrons. The fraction of sp³-hybridized carbons (Fsp3) is 0.438. The molecule has 1 fully saturated rings. The summed E-state index contributed by atoms with van der Waals surface area (Å²) in [5.74, 6) is 0.526. The molecule has 0 unspecified atom stereocenters. The molecule has 1 aromatic heterocycles. The lowest BCUT2D eigenvalue weighted by molar-refractivity contribution is -0.106. The molecule has 0 amide bonds. The van der Waals surface area contributed by atoms with E-state index in [0.29, 0.717) is 19.0 Å². The standard InChI is InChI=1S/C16H20N2O4/c1-18(2)7-6-11-8-17-13-4-3-5-14(15(11)13)22-16(19)21-12-9-20-10-12/h3-5,8,12,17H,6-7,9-10H2,1-2H3. The number of aromatic amines is 1. The lowest BCUT2D eigenvalue weighted by Crippen LogP contribution is -2.38. The lowest BCUT2D eigenvalue weighted by Gasteiger charge is -2.24. The summed E-state index contributed by atoms with van der Waals surface area (Å²) >= 11 is 0. The molecular weight excluding hydrogens is 284 g/mol. The van der Waals surface area contributed by atoms with Crippen molar-refractivity contribution in [3.63, 3.8) is 0 Å². The average Bonchev–Trinajstić information content (AvgIpc) is 2.85. The molecule has 0 bridgehead atoms. The summed E-state index contributed by atoms with van der Waals surface area (Å²) in [4.78, 5) is 17.2. The van der Waals surface area contributed by atoms with Crippen LogP contribution in [-0.4, -0.2) is 56.0 Å². The molecule has 1 aliphatic rings. The van der Waals surface area contributed by atoms with Crippen LogP contribution in [0.4, 0.5) is 4.79 Å². The SMILES string of the molecule is CN(C)CCc1c[nH]c2cccc(OC(=O)OC3COC3)c12. The van der Waals surface area contributed by atoms with Gasteiger partial charge in [0, 0.05) is 23.6 Å². The van der Waals surface area contributed by atoms with E-state index in [9.17, 15) is 4.79 Å². The van der Waals surface area contributed by atoms with Crippen molar-refractivity contribution >= 4 is 17.1 Å². The highest BCUT2D eigenvalue weighted by Crippen LogP contribution is 2.29. The average molecular weight is 304 g/mol. The number of carbonyl (C=O) groups excluding carboxylic acids is 1. The van der Waals surface area contributed by atoms with Crippen LogP contribution >= 0.6 is 0 Å². The van der Waals surface area contributed by atoms with Gasteiger partial charge in [0.15, 0.2) is 6.10 Å². The second-order valence-corrected chi connectivity index (χ2v) is 5.68. The third-order valence-corrected chi connectivity index (χ3v) is 3.64. The van der Waals surface area contributed by atoms with Crippen LogP contribution in [0.3, 0.4) is 0 Å². The largest absolute Gasteiger partial charge is 0.514 e. The van der Waals surface area contributed by atoms with Crippen molar-refractivity contribution < 1.29 is 19.0 Å². The molecule has 3 rings (SSSR count). The zero-order valence-corrected chi connectivity index (χ0v) is 12.8. The molecule has 1 N–H and O–H groups in total. The molecule has 118 valence electrons. The third kappa shape index (κ3) is 3.23. The third-order valence-electron chi connectivity index (χ3n) is 3.64. The number of H-pyrrole nitrogens is 1. The highest BCUT2D eigenvalue weighted by molar-refractivity contribution is 5.90. The summed E-state index contributed by atoms with van der Waals surface area (Å²) in [6.07, 6.45) is 1.97. The predicted molar refractivity (Wildman–Crippen MR) is 82.3 cm³/mol. The molecule has 2 heterocycles. The minimum Gasteiger partial charge on any atom is -0.426 e. The number of aromatic nitrogens is 1. The smallest absolute Gasteiger partial charge is 0.426 e. The fourth-order valence-electron chi connectivity index (χ4n) is 2.38. The minimum absolute atomic E-state index is 0.189. The molecule has 6 heteroatoms. The number of likely N-dealkylation sites (N-methyl/N-ethyl adjacent to an activating group) is 1. The fourth-order valence-corrected chi connectivity index (χ4v) is 2.38. The van der Waals surface area contributed by atoms with Crippen molar-refractivity contribution in [2.45, 2.75) is 12.5 Å². The predicted octanol–water partition coefficient (Wildman–Crippen LogP) is 2.19. The molecule has 0 aliphatic carbocycles. The van der Waals surface area contributed by atoms with Crippen molar-refractivity contribution in [1.82, 2.24) is 9.88 Å². The second kappa shape index (κ2) is 6.37. The van der Waals surface area contributed by atoms with E-state index in [1.54, 1.807) is 6.07 Å². The Labute approximate surface area is 128 Å². The van der Waals surface area contributed by atoms with Crippen LogP contribution in [0.15, 0.2) is 24.4 Å². The molecule has 0 saturated carbocycles. The van der Waals surface area contributed by atoms with E-state index >= 15 is 0 Å². The molecular formula is C16H20N2O4. The van der Waals surface area contributed by atoms with Crippen LogP contribution in [0.2, 0.25) is 0 Å². The first kappa shape index (κ1) is 14.9. The van der Waals surface area contributed by atoms with Crippen LogP contribution in [0.1, 0.15) is 5.56 Å². The van der Waals surface area contributed by atoms with Crippen LogP contribution < -0.4 is 4.74 Å². The molecule has 0 spiro atoms. The van der Waals surface area contributed by atoms with E-state index in [-0.39, 0.29) is 6.10 Å². The van der Waals surface area contributed by atoms with E-state index in [4.69, 9.17) is 14.2 Å². The summed E-state index contributed by atoms with van der Waals surface area (Å²) in [7, 11) is 4.06. The van der Waals surface area contributed by atoms with Crippen LogP contribution in [0.25, 0.3) is 10.9 Å². The summed E-state index contributed by atoms with van der Waals surface area (Å²) in [5.41, 5.74) is 2.07. The van der Waals surface area contributed by atoms with E-state index in [1.807, 2.05) is 32.4 Å². The maximum absolute atomic E-state index is 11.8. The van der Waals surface area contributed by atoms with Gasteiger partial charge in [0.2, 0.25) is 0 Å². The number of nitrogens with zero attached hydrogens (tertiary/aromatic N) is 1. The first-order valence-electron chi connectivity index (χ1n) is 7.33. The molecule has 2 aromatic rings. The van der Waals surface area contributed by atoms with Gasteiger partial charge in [-0.25, -0.2) is 4.79 Å². The number of fused-ring (bicyclic) bond motifs is 1. The quantitative estimate of drug-likeness (QED) is 0.677. The molecule has 1 aliphatic heterocycles. The van der Waals surface area contributed by atoms with E-state index in [1.165, 1.54) is 0 Å². The number of hydrogen-bond donors (Lipinski definition) is 1. The van der Waals surface area contributed by atoms with Crippen molar-refractivity contribution in [1.29, 1.82) is 0 Å². The highest BCUT2D eigenvalue weighted by Gasteiger charge is 2.24. The van der Waals surface area contributed by atoms with E-state index < -0.39 is 6.16 Å². The van der Waals surface area contributed by atoms with Crippen molar-refractivity contribution in [2.75, 3.05) is 33.9 Å². The van der Waals surface area contributed by atoms with Gasteiger partial charge >= 0.3 is 6.16 Å². The topological polar surface area (TPSA) is 63.8 Å². The maximum atomic E-state index is 11.8. The monoisotopic (exact) mass is 304 g/mol. The second-order valence-electron chi connectivity index (χ2n) is 5.68. The number of nitrogens with one attached hydrogen (secondary N) is 1. The Kier molecular flexibility index (Phi) is 4.31. The minimum atomic E-state index is -0.680. The number of benzene rings is 1. The number of carbonyl (C=O) groups is 1. The Hall–Kier alpha value is -2.05. The summed E-state index contributed by atoms with van der Waals surface area (Å²) in [6, 6.07) is 5.60. The van der Waals surface area contributed by atoms with Crippen LogP contribution in [0, 0.1) is 0 Å². The Morgan fingerprint density at radius 1 is 1.41 bits per heavy atom. The number of hydrogen-bond acceptors (Lipinski definition) is 5. The summed E-state index contributed by atoms with van der Waals surface area (Å²) in [5, 5.41) is 0.936. The van der Waals surface area contributed by atoms with Gasteiger partial charge in [0.25, 0.3) is 0 Å². The normalized spacial score (nSPS) is 15.0. The maximum Gasteiger partial charge on any atom is 0.514 e. The van der Waals surface area contributed by atoms with Gasteiger partial charge < -0.3 is 24.1 Å². The zero-order chi connectivity index (χ0) is 15.5. The van der Waals surface area contributed by atoms with Gasteiger partial charge in [-0.15, -0.1) is 0 Å². The summed E-state index contributed by atoms with van der Waals surface area (Å²) in [6.45, 7) is 1.81. The number of rotatable bonds is 5. The first-order valence-corrected chi connectivity index (χ1v) is 7.33. The zero-order valence-electron chi connectivity index (χ0n) is 12.8. The van der Waals surface area contributed by atoms with Gasteiger partial charge in [-0.1, -0.05) is 6.07 Å². The van der Waals surface area contributed by atoms with Crippen LogP contribution in [0.5, 0.6) is 5.75 Å². The van der Waals surface area contributed by atoms with Gasteiger partial charge in [0.05, 0.1) is 13.2 Å². The Balaban J connectivity index is 1.78. The molecule has 6 nitrogen and oxygen atoms in total. The van der Waals surface area contributed by atoms with Crippen molar-refractivity contribution in [2.24, 2.45) is 0 Å². The lowest BCUT2D eigenvalue weighted by atomic mass is 10.1.